The van der Waals surface area contributed by atoms with Gasteiger partial charge in [-0.25, -0.2) is 0 Å². The lowest BCUT2D eigenvalue weighted by molar-refractivity contribution is -0.118. The van der Waals surface area contributed by atoms with Crippen molar-refractivity contribution in [3.8, 4) is 0 Å². The summed E-state index contributed by atoms with van der Waals surface area (Å²) in [5, 5.41) is 0. The van der Waals surface area contributed by atoms with Gasteiger partial charge in [0.25, 0.3) is 0 Å². The van der Waals surface area contributed by atoms with Gasteiger partial charge in [0, 0.05) is 6.42 Å². The second kappa shape index (κ2) is 14.3. The molecule has 0 unspecified atom stereocenters. The highest BCUT2D eigenvalue weighted by Crippen LogP contribution is 2.08. The van der Waals surface area contributed by atoms with Gasteiger partial charge in [-0.15, -0.1) is 0 Å². The monoisotopic (exact) mass is 253 g/mol. The maximum Gasteiger partial charge on any atom is 0.217 e. The van der Waals surface area contributed by atoms with Crippen LogP contribution in [0.5, 0.6) is 0 Å². The molecule has 0 rings (SSSR count). The van der Waals surface area contributed by atoms with Crippen LogP contribution >= 0.6 is 0 Å². The van der Waals surface area contributed by atoms with Crippen molar-refractivity contribution >= 4 is 5.91 Å². The smallest absolute Gasteiger partial charge is 0.217 e. The lowest BCUT2D eigenvalue weighted by atomic mass is 10.1. The second-order valence-corrected chi connectivity index (χ2v) is 5.09. The molecular weight excluding hydrogens is 222 g/mol. The topological polar surface area (TPSA) is 43.1 Å². The zero-order valence-electron chi connectivity index (χ0n) is 12.1. The molecule has 2 heteroatoms. The Morgan fingerprint density at radius 3 is 1.89 bits per heavy atom. The average molecular weight is 253 g/mol. The molecule has 0 aliphatic rings. The molecule has 0 aliphatic carbocycles. The van der Waals surface area contributed by atoms with Crippen LogP contribution in [0, 0.1) is 0 Å². The molecule has 0 radical (unpaired) electrons. The van der Waals surface area contributed by atoms with Crippen molar-refractivity contribution < 1.29 is 4.79 Å². The lowest BCUT2D eigenvalue weighted by Crippen LogP contribution is -2.09. The van der Waals surface area contributed by atoms with E-state index in [1.165, 1.54) is 57.8 Å². The Morgan fingerprint density at radius 2 is 1.33 bits per heavy atom. The molecule has 0 aromatic heterocycles. The number of hydrogen-bond acceptors (Lipinski definition) is 1. The van der Waals surface area contributed by atoms with Gasteiger partial charge in [-0.3, -0.25) is 4.79 Å². The number of carbonyl (C=O) groups is 1. The molecule has 18 heavy (non-hydrogen) atoms. The molecule has 106 valence electrons. The highest BCUT2D eigenvalue weighted by Gasteiger charge is 1.94. The molecule has 2 nitrogen and oxygen atoms in total. The van der Waals surface area contributed by atoms with Crippen molar-refractivity contribution in [2.45, 2.75) is 84.0 Å². The van der Waals surface area contributed by atoms with E-state index in [2.05, 4.69) is 19.1 Å². The third kappa shape index (κ3) is 15.2. The quantitative estimate of drug-likeness (QED) is 0.374. The van der Waals surface area contributed by atoms with E-state index in [1.807, 2.05) is 0 Å². The maximum absolute atomic E-state index is 10.5. The predicted molar refractivity (Wildman–Crippen MR) is 79.4 cm³/mol. The fraction of sp³-hybridized carbons (Fsp3) is 0.812. The van der Waals surface area contributed by atoms with Gasteiger partial charge in [0.1, 0.15) is 0 Å². The first-order chi connectivity index (χ1) is 8.77. The average Bonchev–Trinajstić information content (AvgIpc) is 2.34. The van der Waals surface area contributed by atoms with Crippen LogP contribution in [-0.2, 0) is 4.79 Å². The summed E-state index contributed by atoms with van der Waals surface area (Å²) in [6.07, 6.45) is 19.0. The first-order valence-electron chi connectivity index (χ1n) is 7.70. The van der Waals surface area contributed by atoms with Gasteiger partial charge in [0.05, 0.1) is 0 Å². The van der Waals surface area contributed by atoms with Gasteiger partial charge in [0.2, 0.25) is 5.91 Å². The van der Waals surface area contributed by atoms with Gasteiger partial charge in [-0.1, -0.05) is 57.6 Å². The molecule has 0 atom stereocenters. The molecular formula is C16H31NO. The van der Waals surface area contributed by atoms with E-state index in [4.69, 9.17) is 5.73 Å². The molecule has 0 saturated heterocycles. The zero-order valence-corrected chi connectivity index (χ0v) is 12.1. The third-order valence-corrected chi connectivity index (χ3v) is 3.18. The first-order valence-corrected chi connectivity index (χ1v) is 7.70. The molecule has 0 aromatic carbocycles. The molecule has 0 bridgehead atoms. The number of carbonyl (C=O) groups excluding carboxylic acids is 1. The lowest BCUT2D eigenvalue weighted by Gasteiger charge is -1.98. The Bertz CT molecular complexity index is 211. The summed E-state index contributed by atoms with van der Waals surface area (Å²) in [7, 11) is 0. The van der Waals surface area contributed by atoms with Gasteiger partial charge >= 0.3 is 0 Å². The van der Waals surface area contributed by atoms with Crippen molar-refractivity contribution in [3.63, 3.8) is 0 Å². The van der Waals surface area contributed by atoms with Crippen LogP contribution in [0.25, 0.3) is 0 Å². The van der Waals surface area contributed by atoms with Gasteiger partial charge in [0.15, 0.2) is 0 Å². The number of rotatable bonds is 13. The number of hydrogen-bond donors (Lipinski definition) is 1. The Kier molecular flexibility index (Phi) is 13.6. The van der Waals surface area contributed by atoms with Crippen LogP contribution in [0.4, 0.5) is 0 Å². The van der Waals surface area contributed by atoms with Crippen molar-refractivity contribution in [3.05, 3.63) is 12.2 Å². The van der Waals surface area contributed by atoms with Crippen molar-refractivity contribution in [2.75, 3.05) is 0 Å². The fourth-order valence-electron chi connectivity index (χ4n) is 2.02. The summed E-state index contributed by atoms with van der Waals surface area (Å²) >= 11 is 0. The Balaban J connectivity index is 3.06. The number of allylic oxidation sites excluding steroid dienone is 2. The number of amides is 1. The van der Waals surface area contributed by atoms with E-state index < -0.39 is 0 Å². The zero-order chi connectivity index (χ0) is 13.5. The largest absolute Gasteiger partial charge is 0.370 e. The Labute approximate surface area is 113 Å². The van der Waals surface area contributed by atoms with Crippen molar-refractivity contribution in [1.29, 1.82) is 0 Å². The molecule has 0 spiro atoms. The summed E-state index contributed by atoms with van der Waals surface area (Å²) < 4.78 is 0. The summed E-state index contributed by atoms with van der Waals surface area (Å²) in [5.74, 6) is -0.166. The molecule has 0 fully saturated rings. The van der Waals surface area contributed by atoms with E-state index >= 15 is 0 Å². The Morgan fingerprint density at radius 1 is 0.833 bits per heavy atom. The minimum absolute atomic E-state index is 0.166. The third-order valence-electron chi connectivity index (χ3n) is 3.18. The first kappa shape index (κ1) is 17.2. The SMILES string of the molecule is CCCCCC/C=C\CCCCCCCC(N)=O. The van der Waals surface area contributed by atoms with Crippen molar-refractivity contribution in [2.24, 2.45) is 5.73 Å². The Hall–Kier alpha value is -0.790. The molecule has 0 saturated carbocycles. The highest BCUT2D eigenvalue weighted by atomic mass is 16.1. The highest BCUT2D eigenvalue weighted by molar-refractivity contribution is 5.73. The summed E-state index contributed by atoms with van der Waals surface area (Å²) in [6.45, 7) is 2.25. The predicted octanol–water partition coefficient (Wildman–Crippen LogP) is 4.73. The summed E-state index contributed by atoms with van der Waals surface area (Å²) in [6, 6.07) is 0. The number of primary amides is 1. The standard InChI is InChI=1S/C16H31NO/c1-2-3-4-5-6-7-8-9-10-11-12-13-14-15-16(17)18/h7-8H,2-6,9-15H2,1H3,(H2,17,18)/b8-7-. The van der Waals surface area contributed by atoms with E-state index in [9.17, 15) is 4.79 Å². The summed E-state index contributed by atoms with van der Waals surface area (Å²) in [4.78, 5) is 10.5. The minimum atomic E-state index is -0.166. The number of nitrogens with two attached hydrogens (primary N) is 1. The summed E-state index contributed by atoms with van der Waals surface area (Å²) in [5.41, 5.74) is 5.08. The number of unbranched alkanes of at least 4 members (excludes halogenated alkanes) is 9. The van der Waals surface area contributed by atoms with Crippen LogP contribution in [-0.4, -0.2) is 5.91 Å². The molecule has 2 N–H and O–H groups in total. The normalized spacial score (nSPS) is 11.2. The van der Waals surface area contributed by atoms with Crippen LogP contribution in [0.3, 0.4) is 0 Å². The second-order valence-electron chi connectivity index (χ2n) is 5.09. The van der Waals surface area contributed by atoms with Gasteiger partial charge in [-0.2, -0.15) is 0 Å². The molecule has 0 aliphatic heterocycles. The van der Waals surface area contributed by atoms with Gasteiger partial charge in [-0.05, 0) is 32.1 Å². The van der Waals surface area contributed by atoms with E-state index in [-0.39, 0.29) is 5.91 Å². The van der Waals surface area contributed by atoms with E-state index in [0.29, 0.717) is 6.42 Å². The van der Waals surface area contributed by atoms with Gasteiger partial charge < -0.3 is 5.73 Å². The van der Waals surface area contributed by atoms with Crippen LogP contribution < -0.4 is 5.73 Å². The van der Waals surface area contributed by atoms with Crippen molar-refractivity contribution in [1.82, 2.24) is 0 Å². The van der Waals surface area contributed by atoms with Crippen LogP contribution in [0.15, 0.2) is 12.2 Å². The van der Waals surface area contributed by atoms with Crippen LogP contribution in [0.1, 0.15) is 84.0 Å². The maximum atomic E-state index is 10.5. The minimum Gasteiger partial charge on any atom is -0.370 e. The molecule has 1 amide bonds. The fourth-order valence-corrected chi connectivity index (χ4v) is 2.02. The molecule has 0 aromatic rings. The van der Waals surface area contributed by atoms with E-state index in [0.717, 1.165) is 12.8 Å². The van der Waals surface area contributed by atoms with E-state index in [1.54, 1.807) is 0 Å². The van der Waals surface area contributed by atoms with Crippen LogP contribution in [0.2, 0.25) is 0 Å². The molecule has 0 heterocycles.